The molecule has 0 bridgehead atoms. The van der Waals surface area contributed by atoms with Crippen molar-refractivity contribution in [1.29, 1.82) is 0 Å². The van der Waals surface area contributed by atoms with Crippen LogP contribution in [0.2, 0.25) is 5.02 Å². The van der Waals surface area contributed by atoms with Crippen LogP contribution in [0.5, 0.6) is 5.75 Å². The van der Waals surface area contributed by atoms with Crippen LogP contribution in [0.4, 0.5) is 32.0 Å². The first-order chi connectivity index (χ1) is 17.6. The molecule has 0 saturated heterocycles. The van der Waals surface area contributed by atoms with Gasteiger partial charge in [0.1, 0.15) is 5.75 Å². The summed E-state index contributed by atoms with van der Waals surface area (Å²) in [4.78, 5) is 11.9. The number of phenolic OH excluding ortho intramolecular Hbond substituents is 1. The van der Waals surface area contributed by atoms with Gasteiger partial charge in [-0.1, -0.05) is 48.0 Å². The number of alkyl halides is 6. The molecule has 198 valence electrons. The van der Waals surface area contributed by atoms with Crippen LogP contribution in [0.15, 0.2) is 77.7 Å². The quantitative estimate of drug-likeness (QED) is 0.249. The minimum Gasteiger partial charge on any atom is -0.506 e. The van der Waals surface area contributed by atoms with E-state index in [1.807, 2.05) is 0 Å². The number of phenols is 1. The van der Waals surface area contributed by atoms with Gasteiger partial charge in [0.05, 0.1) is 26.7 Å². The smallest absolute Gasteiger partial charge is 0.501 e. The van der Waals surface area contributed by atoms with Crippen LogP contribution in [0.25, 0.3) is 21.9 Å². The average molecular weight is 574 g/mol. The third-order valence-electron chi connectivity index (χ3n) is 5.57. The van der Waals surface area contributed by atoms with Crippen LogP contribution in [0.3, 0.4) is 0 Å². The minimum absolute atomic E-state index is 0.102. The first-order valence-electron chi connectivity index (χ1n) is 10.5. The van der Waals surface area contributed by atoms with E-state index in [4.69, 9.17) is 11.6 Å². The number of amides is 1. The normalized spacial score (nSPS) is 12.5. The second-order valence-corrected chi connectivity index (χ2v) is 10.3. The zero-order valence-electron chi connectivity index (χ0n) is 18.7. The van der Waals surface area contributed by atoms with Gasteiger partial charge >= 0.3 is 11.7 Å². The van der Waals surface area contributed by atoms with Gasteiger partial charge < -0.3 is 10.4 Å². The molecule has 0 aromatic heterocycles. The van der Waals surface area contributed by atoms with Crippen molar-refractivity contribution in [2.45, 2.75) is 16.6 Å². The fraction of sp³-hybridized carbons (Fsp3) is 0.0800. The molecule has 0 aliphatic heterocycles. The summed E-state index contributed by atoms with van der Waals surface area (Å²) in [6.45, 7) is 0. The number of halogens is 7. The maximum atomic E-state index is 13.3. The zero-order valence-corrected chi connectivity index (χ0v) is 20.2. The van der Waals surface area contributed by atoms with Gasteiger partial charge in [0, 0.05) is 5.39 Å². The van der Waals surface area contributed by atoms with Crippen molar-refractivity contribution in [3.05, 3.63) is 88.9 Å². The molecule has 5 nitrogen and oxygen atoms in total. The number of fused-ring (bicyclic) bond motifs is 1. The molecule has 4 aromatic rings. The highest BCUT2D eigenvalue weighted by Gasteiger charge is 2.47. The largest absolute Gasteiger partial charge is 0.506 e. The Balaban J connectivity index is 1.79. The second kappa shape index (κ2) is 9.52. The van der Waals surface area contributed by atoms with E-state index in [1.54, 1.807) is 12.1 Å². The summed E-state index contributed by atoms with van der Waals surface area (Å²) in [6, 6.07) is 13.6. The lowest BCUT2D eigenvalue weighted by atomic mass is 9.93. The molecule has 13 heteroatoms. The molecule has 38 heavy (non-hydrogen) atoms. The molecule has 2 N–H and O–H groups in total. The summed E-state index contributed by atoms with van der Waals surface area (Å²) < 4.78 is 102. The van der Waals surface area contributed by atoms with Crippen LogP contribution in [-0.4, -0.2) is 24.9 Å². The summed E-state index contributed by atoms with van der Waals surface area (Å²) in [5.41, 5.74) is -6.86. The van der Waals surface area contributed by atoms with Crippen molar-refractivity contribution < 1.29 is 44.7 Å². The standard InChI is InChI=1S/C25H14ClF6NO4S/c26-20-11-15(38(36,37)25(30,31)32)8-9-21(20)33-23(35)19-12-18(16-6-1-2-7-17(16)22(19)34)13-4-3-5-14(10-13)24(27,28)29/h1-12,34H,(H,33,35). The highest BCUT2D eigenvalue weighted by atomic mass is 35.5. The third-order valence-corrected chi connectivity index (χ3v) is 7.36. The van der Waals surface area contributed by atoms with E-state index in [1.165, 1.54) is 30.3 Å². The van der Waals surface area contributed by atoms with E-state index >= 15 is 0 Å². The number of hydrogen-bond donors (Lipinski definition) is 2. The SMILES string of the molecule is O=C(Nc1ccc(S(=O)(=O)C(F)(F)F)cc1Cl)c1cc(-c2cccc(C(F)(F)F)c2)c2ccccc2c1O. The van der Waals surface area contributed by atoms with E-state index in [2.05, 4.69) is 5.32 Å². The van der Waals surface area contributed by atoms with Crippen molar-refractivity contribution in [2.75, 3.05) is 5.32 Å². The maximum Gasteiger partial charge on any atom is 0.501 e. The molecular weight excluding hydrogens is 560 g/mol. The molecule has 0 spiro atoms. The van der Waals surface area contributed by atoms with Crippen LogP contribution >= 0.6 is 11.6 Å². The predicted molar refractivity (Wildman–Crippen MR) is 129 cm³/mol. The lowest BCUT2D eigenvalue weighted by Gasteiger charge is -2.15. The van der Waals surface area contributed by atoms with Gasteiger partial charge in [0.15, 0.2) is 0 Å². The Morgan fingerprint density at radius 3 is 2.11 bits per heavy atom. The first-order valence-corrected chi connectivity index (χ1v) is 12.3. The average Bonchev–Trinajstić information content (AvgIpc) is 2.84. The monoisotopic (exact) mass is 573 g/mol. The molecule has 0 saturated carbocycles. The number of rotatable bonds is 4. The van der Waals surface area contributed by atoms with Crippen LogP contribution in [-0.2, 0) is 16.0 Å². The van der Waals surface area contributed by atoms with Crippen molar-refractivity contribution in [3.63, 3.8) is 0 Å². The molecule has 0 unspecified atom stereocenters. The van der Waals surface area contributed by atoms with Crippen LogP contribution in [0, 0.1) is 0 Å². The van der Waals surface area contributed by atoms with E-state index in [9.17, 15) is 44.7 Å². The number of nitrogens with one attached hydrogen (secondary N) is 1. The number of carbonyl (C=O) groups is 1. The van der Waals surface area contributed by atoms with Crippen molar-refractivity contribution in [1.82, 2.24) is 0 Å². The Kier molecular flexibility index (Phi) is 6.83. The maximum absolute atomic E-state index is 13.3. The van der Waals surface area contributed by atoms with Gasteiger partial charge in [0.2, 0.25) is 0 Å². The number of hydrogen-bond acceptors (Lipinski definition) is 4. The van der Waals surface area contributed by atoms with Gasteiger partial charge in [0.25, 0.3) is 15.7 Å². The van der Waals surface area contributed by atoms with Gasteiger partial charge in [-0.05, 0) is 52.9 Å². The molecule has 0 radical (unpaired) electrons. The number of carbonyl (C=O) groups excluding carboxylic acids is 1. The van der Waals surface area contributed by atoms with Crippen molar-refractivity contribution in [2.24, 2.45) is 0 Å². The van der Waals surface area contributed by atoms with Gasteiger partial charge in [-0.25, -0.2) is 8.42 Å². The predicted octanol–water partition coefficient (Wildman–Crippen LogP) is 7.43. The fourth-order valence-corrected chi connectivity index (χ4v) is 4.80. The Labute approximate surface area is 216 Å². The van der Waals surface area contributed by atoms with E-state index in [0.29, 0.717) is 17.5 Å². The summed E-state index contributed by atoms with van der Waals surface area (Å²) in [5.74, 6) is -1.52. The molecule has 4 aromatic carbocycles. The molecule has 0 atom stereocenters. The number of anilines is 1. The lowest BCUT2D eigenvalue weighted by molar-refractivity contribution is -0.137. The van der Waals surface area contributed by atoms with E-state index < -0.39 is 48.7 Å². The Bertz CT molecular complexity index is 1680. The third kappa shape index (κ3) is 5.01. The molecule has 0 fully saturated rings. The molecule has 0 aliphatic carbocycles. The Hall–Kier alpha value is -3.77. The van der Waals surface area contributed by atoms with Gasteiger partial charge in [-0.15, -0.1) is 0 Å². The zero-order chi connectivity index (χ0) is 28.0. The van der Waals surface area contributed by atoms with Crippen molar-refractivity contribution in [3.8, 4) is 16.9 Å². The summed E-state index contributed by atoms with van der Waals surface area (Å²) in [6.07, 6.45) is -4.63. The highest BCUT2D eigenvalue weighted by Crippen LogP contribution is 2.40. The van der Waals surface area contributed by atoms with Gasteiger partial charge in [-0.2, -0.15) is 26.3 Å². The van der Waals surface area contributed by atoms with Crippen LogP contribution < -0.4 is 5.32 Å². The molecule has 0 heterocycles. The molecular formula is C25H14ClF6NO4S. The van der Waals surface area contributed by atoms with Crippen LogP contribution in [0.1, 0.15) is 15.9 Å². The topological polar surface area (TPSA) is 83.5 Å². The second-order valence-electron chi connectivity index (χ2n) is 7.99. The molecule has 0 aliphatic rings. The van der Waals surface area contributed by atoms with E-state index in [0.717, 1.165) is 18.2 Å². The van der Waals surface area contributed by atoms with Crippen molar-refractivity contribution >= 4 is 43.8 Å². The number of sulfone groups is 1. The Morgan fingerprint density at radius 1 is 0.842 bits per heavy atom. The Morgan fingerprint density at radius 2 is 1.50 bits per heavy atom. The molecule has 4 rings (SSSR count). The summed E-state index contributed by atoms with van der Waals surface area (Å²) >= 11 is 5.92. The molecule has 1 amide bonds. The first kappa shape index (κ1) is 27.3. The summed E-state index contributed by atoms with van der Waals surface area (Å²) in [7, 11) is -5.69. The van der Waals surface area contributed by atoms with E-state index in [-0.39, 0.29) is 27.8 Å². The van der Waals surface area contributed by atoms with Gasteiger partial charge in [-0.3, -0.25) is 4.79 Å². The highest BCUT2D eigenvalue weighted by molar-refractivity contribution is 7.92. The number of aromatic hydroxyl groups is 1. The fourth-order valence-electron chi connectivity index (χ4n) is 3.72. The summed E-state index contributed by atoms with van der Waals surface area (Å²) in [5, 5.41) is 13.0. The minimum atomic E-state index is -5.69. The number of benzene rings is 4. The lowest BCUT2D eigenvalue weighted by Crippen LogP contribution is -2.23.